The second-order valence-electron chi connectivity index (χ2n) is 7.14. The Balaban J connectivity index is 1.36. The van der Waals surface area contributed by atoms with E-state index < -0.39 is 0 Å². The molecule has 1 aliphatic heterocycles. The van der Waals surface area contributed by atoms with Crippen molar-refractivity contribution in [3.05, 3.63) is 59.8 Å². The number of carbonyl (C=O) groups is 1. The number of nitrogens with one attached hydrogen (secondary N) is 1. The number of hydrogen-bond acceptors (Lipinski definition) is 4. The Morgan fingerprint density at radius 1 is 1.12 bits per heavy atom. The fourth-order valence-electron chi connectivity index (χ4n) is 3.58. The minimum absolute atomic E-state index is 0.0588. The smallest absolute Gasteiger partial charge is 0.410 e. The lowest BCUT2D eigenvalue weighted by molar-refractivity contribution is 0.0920. The minimum Gasteiger partial charge on any atom is -0.445 e. The number of carbonyl (C=O) groups excluding carboxylic acids is 1. The lowest BCUT2D eigenvalue weighted by atomic mass is 9.93. The molecule has 1 amide bonds. The Morgan fingerprint density at radius 3 is 2.65 bits per heavy atom. The van der Waals surface area contributed by atoms with E-state index in [2.05, 4.69) is 16.4 Å². The van der Waals surface area contributed by atoms with Gasteiger partial charge in [0, 0.05) is 18.8 Å². The zero-order chi connectivity index (χ0) is 17.8. The fraction of sp³-hybridized carbons (Fsp3) is 0.429. The van der Waals surface area contributed by atoms with E-state index in [0.29, 0.717) is 12.6 Å². The number of anilines is 1. The number of ether oxygens (including phenoxy) is 1. The molecule has 2 aromatic rings. The Labute approximate surface area is 154 Å². The van der Waals surface area contributed by atoms with E-state index in [-0.39, 0.29) is 12.1 Å². The van der Waals surface area contributed by atoms with Crippen molar-refractivity contribution in [1.29, 1.82) is 0 Å². The summed E-state index contributed by atoms with van der Waals surface area (Å²) in [6, 6.07) is 14.5. The summed E-state index contributed by atoms with van der Waals surface area (Å²) in [5.74, 6) is 0.926. The van der Waals surface area contributed by atoms with Crippen LogP contribution in [0.4, 0.5) is 10.6 Å². The number of pyridine rings is 1. The lowest BCUT2D eigenvalue weighted by Gasteiger charge is -2.27. The van der Waals surface area contributed by atoms with Crippen molar-refractivity contribution >= 4 is 11.9 Å². The Hall–Kier alpha value is -2.56. The Morgan fingerprint density at radius 2 is 1.96 bits per heavy atom. The van der Waals surface area contributed by atoms with Crippen LogP contribution in [0, 0.1) is 0 Å². The summed E-state index contributed by atoms with van der Waals surface area (Å²) in [4.78, 5) is 18.9. The van der Waals surface area contributed by atoms with Crippen LogP contribution in [-0.4, -0.2) is 28.6 Å². The van der Waals surface area contributed by atoms with E-state index in [1.165, 1.54) is 19.3 Å². The van der Waals surface area contributed by atoms with Gasteiger partial charge in [0.25, 0.3) is 0 Å². The van der Waals surface area contributed by atoms with Crippen molar-refractivity contribution in [2.24, 2.45) is 0 Å². The van der Waals surface area contributed by atoms with E-state index in [9.17, 15) is 4.79 Å². The molecule has 1 saturated carbocycles. The van der Waals surface area contributed by atoms with Gasteiger partial charge in [-0.2, -0.15) is 0 Å². The molecule has 5 nitrogen and oxygen atoms in total. The summed E-state index contributed by atoms with van der Waals surface area (Å²) in [6.07, 6.45) is 7.37. The van der Waals surface area contributed by atoms with Crippen molar-refractivity contribution < 1.29 is 9.53 Å². The molecule has 1 aromatic heterocycles. The zero-order valence-electron chi connectivity index (χ0n) is 14.9. The molecule has 136 valence electrons. The van der Waals surface area contributed by atoms with Gasteiger partial charge in [-0.25, -0.2) is 9.78 Å². The summed E-state index contributed by atoms with van der Waals surface area (Å²) < 4.78 is 5.52. The standard InChI is InChI=1S/C21H25N3O2/c25-21(26-15-16-6-2-1-3-7-16)24-13-5-10-19(24)17-11-12-20(22-14-17)23-18-8-4-9-18/h1-3,6-7,11-12,14,18-19H,4-5,8-10,13,15H2,(H,22,23)/t19-/m1/s1. The maximum Gasteiger partial charge on any atom is 0.410 e. The number of nitrogens with zero attached hydrogens (tertiary/aromatic N) is 2. The average molecular weight is 351 g/mol. The van der Waals surface area contributed by atoms with Gasteiger partial charge in [0.2, 0.25) is 0 Å². The minimum atomic E-state index is -0.243. The van der Waals surface area contributed by atoms with Gasteiger partial charge >= 0.3 is 6.09 Å². The van der Waals surface area contributed by atoms with Gasteiger partial charge in [-0.05, 0) is 49.3 Å². The predicted octanol–water partition coefficient (Wildman–Crippen LogP) is 4.52. The van der Waals surface area contributed by atoms with Crippen LogP contribution in [0.3, 0.4) is 0 Å². The van der Waals surface area contributed by atoms with Crippen molar-refractivity contribution in [1.82, 2.24) is 9.88 Å². The van der Waals surface area contributed by atoms with Gasteiger partial charge in [-0.1, -0.05) is 36.4 Å². The number of aromatic nitrogens is 1. The summed E-state index contributed by atoms with van der Waals surface area (Å²) in [7, 11) is 0. The third kappa shape index (κ3) is 3.82. The van der Waals surface area contributed by atoms with Gasteiger partial charge in [0.1, 0.15) is 12.4 Å². The highest BCUT2D eigenvalue weighted by atomic mass is 16.6. The lowest BCUT2D eigenvalue weighted by Crippen LogP contribution is -2.31. The van der Waals surface area contributed by atoms with Gasteiger partial charge in [-0.15, -0.1) is 0 Å². The van der Waals surface area contributed by atoms with Crippen LogP contribution in [0.15, 0.2) is 48.7 Å². The maximum absolute atomic E-state index is 12.5. The molecule has 1 N–H and O–H groups in total. The van der Waals surface area contributed by atoms with Crippen LogP contribution in [0.25, 0.3) is 0 Å². The quantitative estimate of drug-likeness (QED) is 0.860. The van der Waals surface area contributed by atoms with E-state index in [1.807, 2.05) is 47.5 Å². The number of hydrogen-bond donors (Lipinski definition) is 1. The van der Waals surface area contributed by atoms with E-state index in [1.54, 1.807) is 0 Å². The monoisotopic (exact) mass is 351 g/mol. The van der Waals surface area contributed by atoms with Crippen LogP contribution in [-0.2, 0) is 11.3 Å². The zero-order valence-corrected chi connectivity index (χ0v) is 14.9. The van der Waals surface area contributed by atoms with Crippen LogP contribution in [0.2, 0.25) is 0 Å². The molecule has 0 radical (unpaired) electrons. The molecule has 2 aliphatic rings. The first-order valence-corrected chi connectivity index (χ1v) is 9.49. The average Bonchev–Trinajstić information content (AvgIpc) is 3.14. The van der Waals surface area contributed by atoms with Crippen molar-refractivity contribution in [2.75, 3.05) is 11.9 Å². The number of amides is 1. The maximum atomic E-state index is 12.5. The second kappa shape index (κ2) is 7.77. The number of rotatable bonds is 5. The topological polar surface area (TPSA) is 54.5 Å². The van der Waals surface area contributed by atoms with E-state index in [4.69, 9.17) is 4.74 Å². The van der Waals surface area contributed by atoms with Crippen molar-refractivity contribution in [3.8, 4) is 0 Å². The predicted molar refractivity (Wildman–Crippen MR) is 101 cm³/mol. The third-order valence-electron chi connectivity index (χ3n) is 5.32. The second-order valence-corrected chi connectivity index (χ2v) is 7.14. The SMILES string of the molecule is O=C(OCc1ccccc1)N1CCC[C@@H]1c1ccc(NC2CCC2)nc1. The highest BCUT2D eigenvalue weighted by Gasteiger charge is 2.31. The molecule has 5 heteroatoms. The number of benzene rings is 1. The molecule has 26 heavy (non-hydrogen) atoms. The van der Waals surface area contributed by atoms with Crippen LogP contribution >= 0.6 is 0 Å². The van der Waals surface area contributed by atoms with Gasteiger partial charge in [0.15, 0.2) is 0 Å². The molecule has 4 rings (SSSR count). The van der Waals surface area contributed by atoms with E-state index in [0.717, 1.165) is 36.3 Å². The van der Waals surface area contributed by atoms with Crippen molar-refractivity contribution in [3.63, 3.8) is 0 Å². The molecule has 2 fully saturated rings. The first kappa shape index (κ1) is 16.9. The molecule has 1 aromatic carbocycles. The normalized spacial score (nSPS) is 19.8. The van der Waals surface area contributed by atoms with Crippen LogP contribution in [0.5, 0.6) is 0 Å². The molecular formula is C21H25N3O2. The molecule has 2 heterocycles. The first-order valence-electron chi connectivity index (χ1n) is 9.49. The fourth-order valence-corrected chi connectivity index (χ4v) is 3.58. The first-order chi connectivity index (χ1) is 12.8. The summed E-state index contributed by atoms with van der Waals surface area (Å²) >= 11 is 0. The van der Waals surface area contributed by atoms with Gasteiger partial charge in [0.05, 0.1) is 6.04 Å². The summed E-state index contributed by atoms with van der Waals surface area (Å²) in [5.41, 5.74) is 2.09. The van der Waals surface area contributed by atoms with Crippen LogP contribution < -0.4 is 5.32 Å². The Bertz CT molecular complexity index is 729. The molecule has 0 spiro atoms. The van der Waals surface area contributed by atoms with Gasteiger partial charge in [-0.3, -0.25) is 0 Å². The molecule has 1 saturated heterocycles. The third-order valence-corrected chi connectivity index (χ3v) is 5.32. The van der Waals surface area contributed by atoms with E-state index >= 15 is 0 Å². The van der Waals surface area contributed by atoms with Crippen molar-refractivity contribution in [2.45, 2.75) is 50.8 Å². The summed E-state index contributed by atoms with van der Waals surface area (Å²) in [5, 5.41) is 3.45. The molecule has 0 unspecified atom stereocenters. The molecule has 0 bridgehead atoms. The molecule has 1 atom stereocenters. The highest BCUT2D eigenvalue weighted by Crippen LogP contribution is 2.33. The Kier molecular flexibility index (Phi) is 5.04. The molecular weight excluding hydrogens is 326 g/mol. The molecule has 1 aliphatic carbocycles. The largest absolute Gasteiger partial charge is 0.445 e. The van der Waals surface area contributed by atoms with Crippen LogP contribution in [0.1, 0.15) is 49.3 Å². The van der Waals surface area contributed by atoms with Gasteiger partial charge < -0.3 is 15.0 Å². The number of likely N-dealkylation sites (tertiary alicyclic amines) is 1. The summed E-state index contributed by atoms with van der Waals surface area (Å²) in [6.45, 7) is 1.05. The highest BCUT2D eigenvalue weighted by molar-refractivity contribution is 5.68.